The fraction of sp³-hybridized carbons (Fsp3) is 0.429. The first kappa shape index (κ1) is 13.1. The lowest BCUT2D eigenvalue weighted by Crippen LogP contribution is -1.94. The fourth-order valence-corrected chi connectivity index (χ4v) is 1.65. The summed E-state index contributed by atoms with van der Waals surface area (Å²) in [5, 5.41) is 0. The van der Waals surface area contributed by atoms with Crippen LogP contribution < -0.4 is 4.74 Å². The second kappa shape index (κ2) is 8.23. The van der Waals surface area contributed by atoms with Crippen molar-refractivity contribution in [3.05, 3.63) is 41.6 Å². The van der Waals surface area contributed by atoms with E-state index < -0.39 is 0 Å². The molecule has 0 aliphatic heterocycles. The number of hydrogen-bond donors (Lipinski definition) is 0. The van der Waals surface area contributed by atoms with Crippen LogP contribution >= 0.6 is 11.6 Å². The molecule has 0 atom stereocenters. The second-order valence-electron chi connectivity index (χ2n) is 3.80. The molecule has 0 amide bonds. The molecule has 0 saturated heterocycles. The van der Waals surface area contributed by atoms with Crippen molar-refractivity contribution in [2.24, 2.45) is 0 Å². The van der Waals surface area contributed by atoms with Gasteiger partial charge in [0, 0.05) is 12.0 Å². The Morgan fingerprint density at radius 2 is 1.94 bits per heavy atom. The molecule has 1 aromatic rings. The summed E-state index contributed by atoms with van der Waals surface area (Å²) < 4.78 is 5.67. The Balaban J connectivity index is 2.33. The van der Waals surface area contributed by atoms with Gasteiger partial charge in [0.25, 0.3) is 0 Å². The van der Waals surface area contributed by atoms with Gasteiger partial charge in [-0.25, -0.2) is 0 Å². The van der Waals surface area contributed by atoms with Crippen LogP contribution in [0.15, 0.2) is 41.6 Å². The minimum Gasteiger partial charge on any atom is -0.461 e. The summed E-state index contributed by atoms with van der Waals surface area (Å²) in [5.41, 5.74) is 1.54. The van der Waals surface area contributed by atoms with Crippen LogP contribution in [0.5, 0.6) is 5.75 Å². The summed E-state index contributed by atoms with van der Waals surface area (Å²) in [7, 11) is 0. The predicted octanol–water partition coefficient (Wildman–Crippen LogP) is 5.12. The van der Waals surface area contributed by atoms with E-state index in [2.05, 4.69) is 6.92 Å². The molecule has 1 rings (SSSR count). The smallest absolute Gasteiger partial charge is 0.126 e. The molecule has 0 fully saturated rings. The standard InChI is InChI=1S/C14H19ClO/c1-2-3-4-6-11-14(12-15)16-13-9-7-5-8-10-13/h5,7-10,12H,2-4,6,11H2,1H3/b14-12+. The van der Waals surface area contributed by atoms with E-state index in [9.17, 15) is 0 Å². The Morgan fingerprint density at radius 1 is 1.19 bits per heavy atom. The summed E-state index contributed by atoms with van der Waals surface area (Å²) in [6.07, 6.45) is 5.82. The number of hydrogen-bond acceptors (Lipinski definition) is 1. The highest BCUT2D eigenvalue weighted by Crippen LogP contribution is 2.17. The first-order valence-electron chi connectivity index (χ1n) is 5.89. The molecular weight excluding hydrogens is 220 g/mol. The van der Waals surface area contributed by atoms with Gasteiger partial charge < -0.3 is 4.74 Å². The molecule has 1 nitrogen and oxygen atoms in total. The average Bonchev–Trinajstić information content (AvgIpc) is 2.34. The Morgan fingerprint density at radius 3 is 2.56 bits per heavy atom. The maximum atomic E-state index is 5.74. The summed E-state index contributed by atoms with van der Waals surface area (Å²) in [6.45, 7) is 2.21. The Hall–Kier alpha value is -0.950. The molecule has 0 aliphatic carbocycles. The molecule has 1 aromatic carbocycles. The SMILES string of the molecule is CCCCCC/C(=C\Cl)Oc1ccccc1. The Labute approximate surface area is 103 Å². The fourth-order valence-electron chi connectivity index (χ4n) is 1.49. The zero-order valence-corrected chi connectivity index (χ0v) is 10.5. The molecule has 16 heavy (non-hydrogen) atoms. The van der Waals surface area contributed by atoms with Crippen molar-refractivity contribution in [1.82, 2.24) is 0 Å². The van der Waals surface area contributed by atoms with Crippen molar-refractivity contribution in [1.29, 1.82) is 0 Å². The predicted molar refractivity (Wildman–Crippen MR) is 69.8 cm³/mol. The highest BCUT2D eigenvalue weighted by atomic mass is 35.5. The van der Waals surface area contributed by atoms with Crippen LogP contribution in [0.4, 0.5) is 0 Å². The Bertz CT molecular complexity index is 306. The average molecular weight is 239 g/mol. The van der Waals surface area contributed by atoms with Gasteiger partial charge in [0.05, 0.1) is 0 Å². The highest BCUT2D eigenvalue weighted by molar-refractivity contribution is 6.25. The van der Waals surface area contributed by atoms with Crippen molar-refractivity contribution in [3.8, 4) is 5.75 Å². The monoisotopic (exact) mass is 238 g/mol. The molecule has 0 aromatic heterocycles. The first-order valence-corrected chi connectivity index (χ1v) is 6.32. The van der Waals surface area contributed by atoms with E-state index in [1.54, 1.807) is 5.54 Å². The molecule has 0 unspecified atom stereocenters. The third-order valence-corrected chi connectivity index (χ3v) is 2.63. The molecule has 2 heteroatoms. The molecular formula is C14H19ClO. The van der Waals surface area contributed by atoms with Gasteiger partial charge in [0.1, 0.15) is 11.5 Å². The third-order valence-electron chi connectivity index (χ3n) is 2.39. The normalized spacial score (nSPS) is 11.5. The lowest BCUT2D eigenvalue weighted by Gasteiger charge is -2.08. The molecule has 0 aliphatic rings. The summed E-state index contributed by atoms with van der Waals surface area (Å²) in [4.78, 5) is 0. The zero-order chi connectivity index (χ0) is 11.6. The van der Waals surface area contributed by atoms with E-state index >= 15 is 0 Å². The number of halogens is 1. The molecule has 0 bridgehead atoms. The van der Waals surface area contributed by atoms with E-state index in [0.29, 0.717) is 0 Å². The number of ether oxygens (including phenoxy) is 1. The number of allylic oxidation sites excluding steroid dienone is 1. The van der Waals surface area contributed by atoms with Crippen LogP contribution in [-0.2, 0) is 0 Å². The van der Waals surface area contributed by atoms with E-state index in [1.165, 1.54) is 19.3 Å². The van der Waals surface area contributed by atoms with Crippen LogP contribution in [0.1, 0.15) is 39.0 Å². The van der Waals surface area contributed by atoms with Crippen LogP contribution in [-0.4, -0.2) is 0 Å². The van der Waals surface area contributed by atoms with Crippen molar-refractivity contribution in [2.45, 2.75) is 39.0 Å². The van der Waals surface area contributed by atoms with Crippen LogP contribution in [0.2, 0.25) is 0 Å². The van der Waals surface area contributed by atoms with Gasteiger partial charge >= 0.3 is 0 Å². The highest BCUT2D eigenvalue weighted by Gasteiger charge is 2.00. The molecule has 0 spiro atoms. The van der Waals surface area contributed by atoms with Gasteiger partial charge in [-0.15, -0.1) is 0 Å². The van der Waals surface area contributed by atoms with Crippen molar-refractivity contribution in [3.63, 3.8) is 0 Å². The Kier molecular flexibility index (Phi) is 6.75. The van der Waals surface area contributed by atoms with Crippen LogP contribution in [0.25, 0.3) is 0 Å². The summed E-state index contributed by atoms with van der Waals surface area (Å²) >= 11 is 5.74. The number of unbranched alkanes of at least 4 members (excludes halogenated alkanes) is 3. The van der Waals surface area contributed by atoms with Crippen LogP contribution in [0, 0.1) is 0 Å². The van der Waals surface area contributed by atoms with E-state index in [0.717, 1.165) is 24.4 Å². The molecule has 0 heterocycles. The van der Waals surface area contributed by atoms with E-state index in [1.807, 2.05) is 30.3 Å². The lowest BCUT2D eigenvalue weighted by molar-refractivity contribution is 0.397. The molecule has 0 radical (unpaired) electrons. The summed E-state index contributed by atoms with van der Waals surface area (Å²) in [6, 6.07) is 9.76. The first-order chi connectivity index (χ1) is 7.86. The van der Waals surface area contributed by atoms with Gasteiger partial charge in [-0.05, 0) is 18.6 Å². The van der Waals surface area contributed by atoms with Gasteiger partial charge in [0.15, 0.2) is 0 Å². The van der Waals surface area contributed by atoms with Crippen molar-refractivity contribution in [2.75, 3.05) is 0 Å². The maximum Gasteiger partial charge on any atom is 0.126 e. The number of rotatable bonds is 7. The molecule has 0 saturated carbocycles. The van der Waals surface area contributed by atoms with Gasteiger partial charge in [-0.1, -0.05) is 56.0 Å². The van der Waals surface area contributed by atoms with Gasteiger partial charge in [0.2, 0.25) is 0 Å². The van der Waals surface area contributed by atoms with E-state index in [-0.39, 0.29) is 0 Å². The van der Waals surface area contributed by atoms with Gasteiger partial charge in [-0.2, -0.15) is 0 Å². The lowest BCUT2D eigenvalue weighted by atomic mass is 10.1. The molecule has 88 valence electrons. The number of para-hydroxylation sites is 1. The van der Waals surface area contributed by atoms with Crippen molar-refractivity contribution < 1.29 is 4.74 Å². The minimum absolute atomic E-state index is 0.851. The summed E-state index contributed by atoms with van der Waals surface area (Å²) in [5.74, 6) is 1.70. The second-order valence-corrected chi connectivity index (χ2v) is 4.02. The molecule has 0 N–H and O–H groups in total. The zero-order valence-electron chi connectivity index (χ0n) is 9.79. The van der Waals surface area contributed by atoms with Crippen molar-refractivity contribution >= 4 is 11.6 Å². The number of benzene rings is 1. The van der Waals surface area contributed by atoms with Gasteiger partial charge in [-0.3, -0.25) is 0 Å². The largest absolute Gasteiger partial charge is 0.461 e. The quantitative estimate of drug-likeness (QED) is 0.474. The third kappa shape index (κ3) is 5.22. The van der Waals surface area contributed by atoms with Crippen LogP contribution in [0.3, 0.4) is 0 Å². The minimum atomic E-state index is 0.851. The van der Waals surface area contributed by atoms with E-state index in [4.69, 9.17) is 16.3 Å². The maximum absolute atomic E-state index is 5.74. The topological polar surface area (TPSA) is 9.23 Å².